The molecule has 0 N–H and O–H groups in total. The van der Waals surface area contributed by atoms with Crippen molar-refractivity contribution in [2.24, 2.45) is 0 Å². The molecular formula is C17H20ClFN2O6. The molecule has 1 saturated carbocycles. The van der Waals surface area contributed by atoms with Crippen molar-refractivity contribution >= 4 is 23.9 Å². The fraction of sp³-hybridized carbons (Fsp3) is 0.529. The lowest BCUT2D eigenvalue weighted by atomic mass is 9.93. The zero-order valence-electron chi connectivity index (χ0n) is 14.9. The Morgan fingerprint density at radius 2 is 1.74 bits per heavy atom. The molecule has 2 bridgehead atoms. The van der Waals surface area contributed by atoms with E-state index in [1.807, 2.05) is 0 Å². The molecule has 1 heterocycles. The fourth-order valence-electron chi connectivity index (χ4n) is 3.49. The van der Waals surface area contributed by atoms with Gasteiger partial charge in [0.1, 0.15) is 5.82 Å². The maximum absolute atomic E-state index is 13.9. The van der Waals surface area contributed by atoms with Crippen molar-refractivity contribution in [3.05, 3.63) is 34.6 Å². The number of halogens is 2. The highest BCUT2D eigenvalue weighted by Gasteiger charge is 2.55. The van der Waals surface area contributed by atoms with Crippen LogP contribution < -0.4 is 0 Å². The molecule has 1 saturated heterocycles. The number of hydroxylamine groups is 2. The predicted molar refractivity (Wildman–Crippen MR) is 90.9 cm³/mol. The number of hydrazine groups is 1. The van der Waals surface area contributed by atoms with Gasteiger partial charge in [-0.05, 0) is 54.7 Å². The van der Waals surface area contributed by atoms with Crippen LogP contribution in [0.5, 0.6) is 0 Å². The SMILES string of the molecule is CCOC(=O)ON1C2CC(c3ccc(Cl)c(F)c3)C(C2)N1OC(=O)OCC. The van der Waals surface area contributed by atoms with Gasteiger partial charge in [-0.1, -0.05) is 17.7 Å². The fourth-order valence-corrected chi connectivity index (χ4v) is 3.60. The van der Waals surface area contributed by atoms with Crippen molar-refractivity contribution in [2.75, 3.05) is 13.2 Å². The van der Waals surface area contributed by atoms with Crippen molar-refractivity contribution in [1.29, 1.82) is 0 Å². The van der Waals surface area contributed by atoms with Crippen LogP contribution in [0.2, 0.25) is 5.02 Å². The Morgan fingerprint density at radius 3 is 2.33 bits per heavy atom. The van der Waals surface area contributed by atoms with Crippen molar-refractivity contribution in [1.82, 2.24) is 10.3 Å². The number of fused-ring (bicyclic) bond motifs is 2. The van der Waals surface area contributed by atoms with Crippen LogP contribution in [-0.2, 0) is 19.1 Å². The Morgan fingerprint density at radius 1 is 1.11 bits per heavy atom. The van der Waals surface area contributed by atoms with Crippen LogP contribution in [0.15, 0.2) is 18.2 Å². The highest BCUT2D eigenvalue weighted by atomic mass is 35.5. The summed E-state index contributed by atoms with van der Waals surface area (Å²) in [6.45, 7) is 3.57. The van der Waals surface area contributed by atoms with Gasteiger partial charge in [-0.3, -0.25) is 0 Å². The first-order chi connectivity index (χ1) is 12.9. The zero-order chi connectivity index (χ0) is 19.6. The third-order valence-corrected chi connectivity index (χ3v) is 4.83. The lowest BCUT2D eigenvalue weighted by Gasteiger charge is -2.37. The Bertz CT molecular complexity index is 721. The van der Waals surface area contributed by atoms with Crippen molar-refractivity contribution in [3.8, 4) is 0 Å². The lowest BCUT2D eigenvalue weighted by Crippen LogP contribution is -2.51. The quantitative estimate of drug-likeness (QED) is 0.688. The molecule has 27 heavy (non-hydrogen) atoms. The Kier molecular flexibility index (Phi) is 6.03. The molecule has 0 spiro atoms. The second-order valence-electron chi connectivity index (χ2n) is 6.13. The first-order valence-electron chi connectivity index (χ1n) is 8.67. The smallest absolute Gasteiger partial charge is 0.433 e. The Balaban J connectivity index is 1.80. The number of carbonyl (C=O) groups is 2. The zero-order valence-corrected chi connectivity index (χ0v) is 15.6. The van der Waals surface area contributed by atoms with Gasteiger partial charge in [0.05, 0.1) is 30.3 Å². The van der Waals surface area contributed by atoms with Crippen molar-refractivity contribution in [2.45, 2.75) is 44.7 Å². The summed E-state index contributed by atoms with van der Waals surface area (Å²) in [6.07, 6.45) is -0.707. The van der Waals surface area contributed by atoms with Crippen LogP contribution in [0, 0.1) is 5.82 Å². The van der Waals surface area contributed by atoms with Gasteiger partial charge in [0.2, 0.25) is 0 Å². The van der Waals surface area contributed by atoms with Gasteiger partial charge in [-0.2, -0.15) is 0 Å². The highest BCUT2D eigenvalue weighted by Crippen LogP contribution is 2.47. The summed E-state index contributed by atoms with van der Waals surface area (Å²) in [6, 6.07) is 3.98. The van der Waals surface area contributed by atoms with Gasteiger partial charge >= 0.3 is 12.3 Å². The Labute approximate surface area is 160 Å². The van der Waals surface area contributed by atoms with E-state index in [1.54, 1.807) is 19.9 Å². The van der Waals surface area contributed by atoms with E-state index in [4.69, 9.17) is 30.7 Å². The van der Waals surface area contributed by atoms with Crippen LogP contribution in [0.3, 0.4) is 0 Å². The van der Waals surface area contributed by atoms with E-state index in [0.717, 1.165) is 5.56 Å². The van der Waals surface area contributed by atoms with Gasteiger partial charge in [-0.15, -0.1) is 0 Å². The molecule has 0 amide bonds. The van der Waals surface area contributed by atoms with Crippen LogP contribution >= 0.6 is 11.6 Å². The molecule has 1 aliphatic carbocycles. The minimum absolute atomic E-state index is 0.0359. The second kappa shape index (κ2) is 8.28. The normalized spacial score (nSPS) is 24.7. The molecule has 148 valence electrons. The van der Waals surface area contributed by atoms with E-state index in [0.29, 0.717) is 12.8 Å². The predicted octanol–water partition coefficient (Wildman–Crippen LogP) is 3.80. The van der Waals surface area contributed by atoms with Gasteiger partial charge in [-0.25, -0.2) is 14.0 Å². The number of ether oxygens (including phenoxy) is 2. The van der Waals surface area contributed by atoms with Crippen LogP contribution in [-0.4, -0.2) is 48.0 Å². The number of rotatable bonds is 5. The molecule has 0 radical (unpaired) electrons. The van der Waals surface area contributed by atoms with Crippen molar-refractivity contribution < 1.29 is 33.1 Å². The summed E-state index contributed by atoms with van der Waals surface area (Å²) in [5.41, 5.74) is 0.720. The molecule has 1 aromatic rings. The largest absolute Gasteiger partial charge is 0.529 e. The molecule has 3 unspecified atom stereocenters. The standard InChI is InChI=1S/C17H20ClFN2O6/c1-3-24-16(22)26-20-11-8-12(10-5-6-13(18)14(19)7-10)15(9-11)21(20)27-17(23)25-4-2/h5-7,11-12,15H,3-4,8-9H2,1-2H3. The summed E-state index contributed by atoms with van der Waals surface area (Å²) >= 11 is 5.76. The van der Waals surface area contributed by atoms with E-state index in [2.05, 4.69) is 0 Å². The second-order valence-corrected chi connectivity index (χ2v) is 6.53. The summed E-state index contributed by atoms with van der Waals surface area (Å²) < 4.78 is 23.5. The molecule has 10 heteroatoms. The van der Waals surface area contributed by atoms with E-state index in [-0.39, 0.29) is 36.2 Å². The topological polar surface area (TPSA) is 77.5 Å². The first kappa shape index (κ1) is 19.7. The molecular weight excluding hydrogens is 383 g/mol. The third kappa shape index (κ3) is 4.10. The van der Waals surface area contributed by atoms with Crippen LogP contribution in [0.4, 0.5) is 14.0 Å². The molecule has 0 aromatic heterocycles. The van der Waals surface area contributed by atoms with Gasteiger partial charge < -0.3 is 19.1 Å². The monoisotopic (exact) mass is 402 g/mol. The average Bonchev–Trinajstić information content (AvgIpc) is 3.17. The van der Waals surface area contributed by atoms with Gasteiger partial charge in [0.25, 0.3) is 0 Å². The number of carbonyl (C=O) groups excluding carboxylic acids is 2. The van der Waals surface area contributed by atoms with Crippen LogP contribution in [0.25, 0.3) is 0 Å². The highest BCUT2D eigenvalue weighted by molar-refractivity contribution is 6.30. The third-order valence-electron chi connectivity index (χ3n) is 4.53. The molecule has 1 aliphatic heterocycles. The van der Waals surface area contributed by atoms with E-state index < -0.39 is 18.1 Å². The molecule has 3 rings (SSSR count). The van der Waals surface area contributed by atoms with E-state index in [9.17, 15) is 14.0 Å². The molecule has 8 nitrogen and oxygen atoms in total. The molecule has 2 fully saturated rings. The Hall–Kier alpha value is -2.10. The molecule has 3 atom stereocenters. The summed E-state index contributed by atoms with van der Waals surface area (Å²) in [5, 5.41) is 2.39. The number of nitrogens with zero attached hydrogens (tertiary/aromatic N) is 2. The average molecular weight is 403 g/mol. The maximum atomic E-state index is 13.9. The number of hydrogen-bond donors (Lipinski definition) is 0. The van der Waals surface area contributed by atoms with Gasteiger partial charge in [0, 0.05) is 5.92 Å². The van der Waals surface area contributed by atoms with E-state index in [1.165, 1.54) is 22.5 Å². The summed E-state index contributed by atoms with van der Waals surface area (Å²) in [5.74, 6) is -0.660. The van der Waals surface area contributed by atoms with Gasteiger partial charge in [0.15, 0.2) is 0 Å². The number of hydrogen-bond acceptors (Lipinski definition) is 8. The minimum Gasteiger partial charge on any atom is -0.433 e. The lowest BCUT2D eigenvalue weighted by molar-refractivity contribution is -0.381. The summed E-state index contributed by atoms with van der Waals surface area (Å²) in [4.78, 5) is 33.9. The van der Waals surface area contributed by atoms with Crippen molar-refractivity contribution in [3.63, 3.8) is 0 Å². The maximum Gasteiger partial charge on any atom is 0.529 e. The van der Waals surface area contributed by atoms with E-state index >= 15 is 0 Å². The molecule has 1 aromatic carbocycles. The minimum atomic E-state index is -0.927. The molecule has 2 aliphatic rings. The number of benzene rings is 1. The first-order valence-corrected chi connectivity index (χ1v) is 9.05. The summed E-state index contributed by atoms with van der Waals surface area (Å²) in [7, 11) is 0. The van der Waals surface area contributed by atoms with Crippen LogP contribution in [0.1, 0.15) is 38.2 Å².